The van der Waals surface area contributed by atoms with Gasteiger partial charge in [-0.3, -0.25) is 0 Å². The largest absolute Gasteiger partial charge is 0.399 e. The Morgan fingerprint density at radius 1 is 1.47 bits per heavy atom. The van der Waals surface area contributed by atoms with E-state index in [0.717, 1.165) is 12.0 Å². The molecule has 0 amide bonds. The number of nitrogens with two attached hydrogens (primary N) is 1. The van der Waals surface area contributed by atoms with Crippen molar-refractivity contribution in [3.63, 3.8) is 0 Å². The summed E-state index contributed by atoms with van der Waals surface area (Å²) in [5.74, 6) is 1.34. The van der Waals surface area contributed by atoms with E-state index in [0.29, 0.717) is 28.5 Å². The quantitative estimate of drug-likeness (QED) is 0.828. The molecule has 88 valence electrons. The molecule has 0 aliphatic heterocycles. The molecule has 0 radical (unpaired) electrons. The van der Waals surface area contributed by atoms with E-state index in [2.05, 4.69) is 22.4 Å². The molecular formula is C11H12ClN5. The van der Waals surface area contributed by atoms with Crippen LogP contribution < -0.4 is 5.73 Å². The van der Waals surface area contributed by atoms with E-state index in [1.807, 2.05) is 10.7 Å². The summed E-state index contributed by atoms with van der Waals surface area (Å²) in [7, 11) is 0. The van der Waals surface area contributed by atoms with Crippen LogP contribution in [0.1, 0.15) is 19.4 Å². The number of anilines is 1. The first-order chi connectivity index (χ1) is 8.16. The molecule has 1 heterocycles. The third-order valence-electron chi connectivity index (χ3n) is 3.11. The monoisotopic (exact) mass is 249 g/mol. The van der Waals surface area contributed by atoms with Crippen molar-refractivity contribution < 1.29 is 0 Å². The van der Waals surface area contributed by atoms with E-state index in [4.69, 9.17) is 17.3 Å². The first kappa shape index (κ1) is 10.5. The lowest BCUT2D eigenvalue weighted by molar-refractivity contribution is 0.584. The standard InChI is InChI=1S/C11H12ClN5/c1-6-4-10(6)17-11(14-15-16-17)8-3-2-7(13)5-9(8)12/h2-3,5-6,10H,4,13H2,1H3. The Hall–Kier alpha value is -1.62. The van der Waals surface area contributed by atoms with Gasteiger partial charge in [0.1, 0.15) is 0 Å². The molecule has 17 heavy (non-hydrogen) atoms. The van der Waals surface area contributed by atoms with Gasteiger partial charge in [-0.2, -0.15) is 0 Å². The number of nitrogens with zero attached hydrogens (tertiary/aromatic N) is 4. The molecule has 2 aromatic rings. The summed E-state index contributed by atoms with van der Waals surface area (Å²) in [4.78, 5) is 0. The van der Waals surface area contributed by atoms with Gasteiger partial charge in [0, 0.05) is 11.3 Å². The Bertz CT molecular complexity index is 565. The number of benzene rings is 1. The Labute approximate surface area is 104 Å². The van der Waals surface area contributed by atoms with Gasteiger partial charge in [-0.05, 0) is 41.0 Å². The van der Waals surface area contributed by atoms with Gasteiger partial charge in [-0.1, -0.05) is 18.5 Å². The van der Waals surface area contributed by atoms with Gasteiger partial charge in [-0.15, -0.1) is 5.10 Å². The summed E-state index contributed by atoms with van der Waals surface area (Å²) in [6.45, 7) is 2.18. The predicted octanol–water partition coefficient (Wildman–Crippen LogP) is 2.16. The Balaban J connectivity index is 2.06. The van der Waals surface area contributed by atoms with Crippen molar-refractivity contribution in [3.8, 4) is 11.4 Å². The van der Waals surface area contributed by atoms with Crippen LogP contribution in [0.2, 0.25) is 5.02 Å². The SMILES string of the molecule is CC1CC1n1nnnc1-c1ccc(N)cc1Cl. The second-order valence-corrected chi connectivity index (χ2v) is 4.87. The summed E-state index contributed by atoms with van der Waals surface area (Å²) in [5, 5.41) is 12.4. The van der Waals surface area contributed by atoms with E-state index < -0.39 is 0 Å². The highest BCUT2D eigenvalue weighted by Crippen LogP contribution is 2.44. The molecule has 3 rings (SSSR count). The Morgan fingerprint density at radius 3 is 2.88 bits per heavy atom. The molecule has 1 saturated carbocycles. The van der Waals surface area contributed by atoms with Crippen molar-refractivity contribution >= 4 is 17.3 Å². The molecule has 1 aliphatic carbocycles. The molecule has 0 bridgehead atoms. The van der Waals surface area contributed by atoms with E-state index in [1.165, 1.54) is 0 Å². The van der Waals surface area contributed by atoms with Crippen LogP contribution >= 0.6 is 11.6 Å². The van der Waals surface area contributed by atoms with Crippen molar-refractivity contribution in [2.45, 2.75) is 19.4 Å². The van der Waals surface area contributed by atoms with Crippen LogP contribution in [-0.2, 0) is 0 Å². The van der Waals surface area contributed by atoms with Crippen molar-refractivity contribution in [1.29, 1.82) is 0 Å². The molecular weight excluding hydrogens is 238 g/mol. The minimum atomic E-state index is 0.397. The first-order valence-electron chi connectivity index (χ1n) is 5.50. The van der Waals surface area contributed by atoms with Gasteiger partial charge < -0.3 is 5.73 Å². The molecule has 6 heteroatoms. The molecule has 1 fully saturated rings. The third kappa shape index (κ3) is 1.76. The van der Waals surface area contributed by atoms with Crippen LogP contribution in [0.15, 0.2) is 18.2 Å². The van der Waals surface area contributed by atoms with Crippen LogP contribution in [0.5, 0.6) is 0 Å². The van der Waals surface area contributed by atoms with Gasteiger partial charge in [0.05, 0.1) is 11.1 Å². The summed E-state index contributed by atoms with van der Waals surface area (Å²) >= 11 is 6.17. The van der Waals surface area contributed by atoms with Gasteiger partial charge in [0.15, 0.2) is 5.82 Å². The van der Waals surface area contributed by atoms with Crippen LogP contribution in [0.3, 0.4) is 0 Å². The lowest BCUT2D eigenvalue weighted by Crippen LogP contribution is -2.01. The summed E-state index contributed by atoms with van der Waals surface area (Å²) in [6, 6.07) is 5.77. The molecule has 1 aliphatic rings. The molecule has 2 atom stereocenters. The lowest BCUT2D eigenvalue weighted by atomic mass is 10.2. The van der Waals surface area contributed by atoms with Crippen LogP contribution in [0.25, 0.3) is 11.4 Å². The first-order valence-corrected chi connectivity index (χ1v) is 5.88. The fourth-order valence-electron chi connectivity index (χ4n) is 1.95. The smallest absolute Gasteiger partial charge is 0.183 e. The molecule has 2 N–H and O–H groups in total. The number of rotatable bonds is 2. The fraction of sp³-hybridized carbons (Fsp3) is 0.364. The number of hydrogen-bond donors (Lipinski definition) is 1. The number of halogens is 1. The van der Waals surface area contributed by atoms with E-state index in [9.17, 15) is 0 Å². The van der Waals surface area contributed by atoms with Gasteiger partial charge in [-0.25, -0.2) is 4.68 Å². The van der Waals surface area contributed by atoms with Crippen LogP contribution in [0.4, 0.5) is 5.69 Å². The van der Waals surface area contributed by atoms with Gasteiger partial charge in [0.2, 0.25) is 0 Å². The third-order valence-corrected chi connectivity index (χ3v) is 3.42. The number of hydrogen-bond acceptors (Lipinski definition) is 4. The van der Waals surface area contributed by atoms with Crippen molar-refractivity contribution in [2.24, 2.45) is 5.92 Å². The zero-order chi connectivity index (χ0) is 12.0. The van der Waals surface area contributed by atoms with E-state index in [1.54, 1.807) is 12.1 Å². The maximum atomic E-state index is 6.17. The fourth-order valence-corrected chi connectivity index (χ4v) is 2.22. The van der Waals surface area contributed by atoms with E-state index >= 15 is 0 Å². The predicted molar refractivity (Wildman–Crippen MR) is 65.5 cm³/mol. The lowest BCUT2D eigenvalue weighted by Gasteiger charge is -2.05. The minimum absolute atomic E-state index is 0.397. The highest BCUT2D eigenvalue weighted by molar-refractivity contribution is 6.33. The van der Waals surface area contributed by atoms with Crippen LogP contribution in [-0.4, -0.2) is 20.2 Å². The molecule has 2 unspecified atom stereocenters. The normalized spacial score (nSPS) is 22.7. The number of nitrogen functional groups attached to an aromatic ring is 1. The Kier molecular flexibility index (Phi) is 2.29. The Morgan fingerprint density at radius 2 is 2.24 bits per heavy atom. The van der Waals surface area contributed by atoms with Crippen molar-refractivity contribution in [1.82, 2.24) is 20.2 Å². The zero-order valence-electron chi connectivity index (χ0n) is 9.34. The average molecular weight is 250 g/mol. The molecule has 1 aromatic carbocycles. The van der Waals surface area contributed by atoms with Gasteiger partial charge >= 0.3 is 0 Å². The molecule has 0 spiro atoms. The number of tetrazole rings is 1. The highest BCUT2D eigenvalue weighted by atomic mass is 35.5. The topological polar surface area (TPSA) is 69.6 Å². The second-order valence-electron chi connectivity index (χ2n) is 4.47. The zero-order valence-corrected chi connectivity index (χ0v) is 10.1. The summed E-state index contributed by atoms with van der Waals surface area (Å²) < 4.78 is 1.85. The van der Waals surface area contributed by atoms with Crippen LogP contribution in [0, 0.1) is 5.92 Å². The highest BCUT2D eigenvalue weighted by Gasteiger charge is 2.37. The maximum absolute atomic E-state index is 6.17. The summed E-state index contributed by atoms with van der Waals surface area (Å²) in [5.41, 5.74) is 7.13. The van der Waals surface area contributed by atoms with Gasteiger partial charge in [0.25, 0.3) is 0 Å². The minimum Gasteiger partial charge on any atom is -0.399 e. The molecule has 1 aromatic heterocycles. The van der Waals surface area contributed by atoms with E-state index in [-0.39, 0.29) is 0 Å². The number of aromatic nitrogens is 4. The van der Waals surface area contributed by atoms with Crippen molar-refractivity contribution in [2.75, 3.05) is 5.73 Å². The average Bonchev–Trinajstić information content (AvgIpc) is 2.82. The maximum Gasteiger partial charge on any atom is 0.183 e. The molecule has 0 saturated heterocycles. The molecule has 5 nitrogen and oxygen atoms in total. The van der Waals surface area contributed by atoms with Crippen molar-refractivity contribution in [3.05, 3.63) is 23.2 Å². The second kappa shape index (κ2) is 3.70. The summed E-state index contributed by atoms with van der Waals surface area (Å²) in [6.07, 6.45) is 1.12.